The van der Waals surface area contributed by atoms with Crippen molar-refractivity contribution in [3.63, 3.8) is 0 Å². The number of nitrogens with zero attached hydrogens (tertiary/aromatic N) is 3. The highest BCUT2D eigenvalue weighted by Crippen LogP contribution is 2.35. The molecule has 34 heavy (non-hydrogen) atoms. The molecular formula is C25H24N4O3S2. The van der Waals surface area contributed by atoms with Gasteiger partial charge in [-0.1, -0.05) is 36.0 Å². The Kier molecular flexibility index (Phi) is 7.76. The molecule has 0 aliphatic carbocycles. The van der Waals surface area contributed by atoms with E-state index in [1.165, 1.54) is 11.8 Å². The average Bonchev–Trinajstić information content (AvgIpc) is 3.28. The zero-order chi connectivity index (χ0) is 23.9. The number of carbonyl (C=O) groups is 1. The van der Waals surface area contributed by atoms with Gasteiger partial charge in [-0.2, -0.15) is 0 Å². The number of aryl methyl sites for hydroxylation is 1. The Labute approximate surface area is 206 Å². The molecule has 0 fully saturated rings. The van der Waals surface area contributed by atoms with Crippen LogP contribution in [0.5, 0.6) is 11.5 Å². The highest BCUT2D eigenvalue weighted by molar-refractivity contribution is 7.99. The monoisotopic (exact) mass is 492 g/mol. The van der Waals surface area contributed by atoms with Crippen LogP contribution < -0.4 is 14.8 Å². The maximum atomic E-state index is 12.2. The predicted molar refractivity (Wildman–Crippen MR) is 135 cm³/mol. The number of hydrogen-bond donors (Lipinski definition) is 1. The second-order valence-corrected chi connectivity index (χ2v) is 9.33. The SMILES string of the molecule is COc1cccc(CNC(=O)CSc2ccc(-c3sc(-c4cccc(OC)c4)nc3C)nn2)c1. The first-order valence-electron chi connectivity index (χ1n) is 10.5. The normalized spacial score (nSPS) is 10.7. The van der Waals surface area contributed by atoms with Crippen molar-refractivity contribution in [1.82, 2.24) is 20.5 Å². The Hall–Kier alpha value is -3.43. The molecule has 174 valence electrons. The first kappa shape index (κ1) is 23.7. The highest BCUT2D eigenvalue weighted by atomic mass is 32.2. The molecule has 7 nitrogen and oxygen atoms in total. The van der Waals surface area contributed by atoms with E-state index in [2.05, 4.69) is 15.5 Å². The topological polar surface area (TPSA) is 86.2 Å². The maximum absolute atomic E-state index is 12.2. The van der Waals surface area contributed by atoms with Crippen LogP contribution >= 0.6 is 23.1 Å². The van der Waals surface area contributed by atoms with Crippen molar-refractivity contribution in [3.05, 3.63) is 71.9 Å². The molecule has 0 unspecified atom stereocenters. The molecule has 4 rings (SSSR count). The van der Waals surface area contributed by atoms with Crippen molar-refractivity contribution >= 4 is 29.0 Å². The number of carbonyl (C=O) groups excluding carboxylic acids is 1. The zero-order valence-corrected chi connectivity index (χ0v) is 20.7. The van der Waals surface area contributed by atoms with Gasteiger partial charge in [0.05, 0.1) is 30.5 Å². The van der Waals surface area contributed by atoms with Gasteiger partial charge in [-0.05, 0) is 48.9 Å². The molecule has 0 bridgehead atoms. The quantitative estimate of drug-likeness (QED) is 0.329. The second-order valence-electron chi connectivity index (χ2n) is 7.34. The lowest BCUT2D eigenvalue weighted by molar-refractivity contribution is -0.118. The van der Waals surface area contributed by atoms with E-state index in [0.717, 1.165) is 43.9 Å². The fourth-order valence-corrected chi connectivity index (χ4v) is 4.88. The molecule has 0 spiro atoms. The van der Waals surface area contributed by atoms with Gasteiger partial charge in [0.2, 0.25) is 5.91 Å². The molecule has 0 atom stereocenters. The van der Waals surface area contributed by atoms with E-state index >= 15 is 0 Å². The molecule has 2 heterocycles. The Morgan fingerprint density at radius 3 is 2.50 bits per heavy atom. The molecule has 0 radical (unpaired) electrons. The number of methoxy groups -OCH3 is 2. The van der Waals surface area contributed by atoms with E-state index in [0.29, 0.717) is 11.6 Å². The van der Waals surface area contributed by atoms with Crippen LogP contribution in [0.4, 0.5) is 0 Å². The standard InChI is InChI=1S/C25H24N4O3S2/c1-16-24(34-25(27-16)18-7-5-9-20(13-18)32-3)21-10-11-23(29-28-21)33-15-22(30)26-14-17-6-4-8-19(12-17)31-2/h4-13H,14-15H2,1-3H3,(H,26,30). The van der Waals surface area contributed by atoms with Crippen LogP contribution in [-0.4, -0.2) is 41.1 Å². The number of rotatable bonds is 9. The fraction of sp³-hybridized carbons (Fsp3) is 0.200. The Morgan fingerprint density at radius 2 is 1.76 bits per heavy atom. The molecule has 0 saturated carbocycles. The number of ether oxygens (including phenoxy) is 2. The lowest BCUT2D eigenvalue weighted by Crippen LogP contribution is -2.24. The molecule has 0 saturated heterocycles. The van der Waals surface area contributed by atoms with Crippen LogP contribution in [0, 0.1) is 6.92 Å². The van der Waals surface area contributed by atoms with Crippen molar-refractivity contribution in [1.29, 1.82) is 0 Å². The zero-order valence-electron chi connectivity index (χ0n) is 19.1. The highest BCUT2D eigenvalue weighted by Gasteiger charge is 2.14. The smallest absolute Gasteiger partial charge is 0.230 e. The summed E-state index contributed by atoms with van der Waals surface area (Å²) in [5, 5.41) is 13.2. The summed E-state index contributed by atoms with van der Waals surface area (Å²) < 4.78 is 10.5. The van der Waals surface area contributed by atoms with E-state index in [4.69, 9.17) is 14.5 Å². The van der Waals surface area contributed by atoms with Gasteiger partial charge in [0.1, 0.15) is 27.2 Å². The third-order valence-corrected chi connectivity index (χ3v) is 7.11. The predicted octanol–water partition coefficient (Wildman–Crippen LogP) is 5.00. The van der Waals surface area contributed by atoms with Gasteiger partial charge in [-0.25, -0.2) is 4.98 Å². The van der Waals surface area contributed by atoms with E-state index in [9.17, 15) is 4.79 Å². The van der Waals surface area contributed by atoms with Crippen LogP contribution in [0.2, 0.25) is 0 Å². The van der Waals surface area contributed by atoms with Crippen molar-refractivity contribution in [3.8, 4) is 32.6 Å². The average molecular weight is 493 g/mol. The Balaban J connectivity index is 1.35. The third kappa shape index (κ3) is 5.92. The summed E-state index contributed by atoms with van der Waals surface area (Å²) >= 11 is 2.92. The van der Waals surface area contributed by atoms with Crippen molar-refractivity contribution in [2.45, 2.75) is 18.5 Å². The molecule has 2 aromatic heterocycles. The van der Waals surface area contributed by atoms with Crippen LogP contribution in [0.15, 0.2) is 65.7 Å². The van der Waals surface area contributed by atoms with Crippen molar-refractivity contribution < 1.29 is 14.3 Å². The van der Waals surface area contributed by atoms with E-state index < -0.39 is 0 Å². The molecule has 1 amide bonds. The first-order chi connectivity index (χ1) is 16.6. The minimum atomic E-state index is -0.0695. The van der Waals surface area contributed by atoms with Gasteiger partial charge >= 0.3 is 0 Å². The number of benzene rings is 2. The Bertz CT molecular complexity index is 1280. The molecule has 1 N–H and O–H groups in total. The van der Waals surface area contributed by atoms with E-state index in [-0.39, 0.29) is 11.7 Å². The minimum Gasteiger partial charge on any atom is -0.497 e. The van der Waals surface area contributed by atoms with Gasteiger partial charge in [-0.3, -0.25) is 4.79 Å². The first-order valence-corrected chi connectivity index (χ1v) is 12.3. The summed E-state index contributed by atoms with van der Waals surface area (Å²) in [4.78, 5) is 17.9. The van der Waals surface area contributed by atoms with Crippen molar-refractivity contribution in [2.75, 3.05) is 20.0 Å². The number of aromatic nitrogens is 3. The third-order valence-electron chi connectivity index (χ3n) is 4.96. The summed E-state index contributed by atoms with van der Waals surface area (Å²) in [6.45, 7) is 2.41. The number of nitrogens with one attached hydrogen (secondary N) is 1. The molecular weight excluding hydrogens is 468 g/mol. The van der Waals surface area contributed by atoms with Gasteiger partial charge in [0.25, 0.3) is 0 Å². The number of amides is 1. The van der Waals surface area contributed by atoms with Gasteiger partial charge < -0.3 is 14.8 Å². The lowest BCUT2D eigenvalue weighted by atomic mass is 10.2. The number of hydrogen-bond acceptors (Lipinski definition) is 8. The van der Waals surface area contributed by atoms with Crippen LogP contribution in [0.25, 0.3) is 21.1 Å². The van der Waals surface area contributed by atoms with Gasteiger partial charge in [0.15, 0.2) is 0 Å². The van der Waals surface area contributed by atoms with E-state index in [1.54, 1.807) is 25.6 Å². The van der Waals surface area contributed by atoms with Crippen LogP contribution in [-0.2, 0) is 11.3 Å². The fourth-order valence-electron chi connectivity index (χ4n) is 3.21. The van der Waals surface area contributed by atoms with Crippen LogP contribution in [0.1, 0.15) is 11.3 Å². The largest absolute Gasteiger partial charge is 0.497 e. The summed E-state index contributed by atoms with van der Waals surface area (Å²) in [6.07, 6.45) is 0. The summed E-state index contributed by atoms with van der Waals surface area (Å²) in [5.41, 5.74) is 3.64. The lowest BCUT2D eigenvalue weighted by Gasteiger charge is -2.07. The molecule has 4 aromatic rings. The minimum absolute atomic E-state index is 0.0695. The number of thioether (sulfide) groups is 1. The van der Waals surface area contributed by atoms with Crippen molar-refractivity contribution in [2.24, 2.45) is 0 Å². The summed E-state index contributed by atoms with van der Waals surface area (Å²) in [7, 11) is 3.27. The van der Waals surface area contributed by atoms with Gasteiger partial charge in [-0.15, -0.1) is 21.5 Å². The number of thiazole rings is 1. The summed E-state index contributed by atoms with van der Waals surface area (Å²) in [6, 6.07) is 19.2. The second kappa shape index (κ2) is 11.1. The molecule has 0 aliphatic heterocycles. The van der Waals surface area contributed by atoms with Crippen LogP contribution in [0.3, 0.4) is 0 Å². The van der Waals surface area contributed by atoms with E-state index in [1.807, 2.05) is 67.6 Å². The molecule has 2 aromatic carbocycles. The molecule has 0 aliphatic rings. The summed E-state index contributed by atoms with van der Waals surface area (Å²) in [5.74, 6) is 1.75. The maximum Gasteiger partial charge on any atom is 0.230 e. The van der Waals surface area contributed by atoms with Gasteiger partial charge in [0, 0.05) is 12.1 Å². The Morgan fingerprint density at radius 1 is 1.00 bits per heavy atom. The molecule has 9 heteroatoms.